The number of imide groups is 1. The van der Waals surface area contributed by atoms with Crippen LogP contribution in [0.3, 0.4) is 0 Å². The maximum absolute atomic E-state index is 13.2. The number of hydrogen-bond acceptors (Lipinski definition) is 4. The summed E-state index contributed by atoms with van der Waals surface area (Å²) in [6, 6.07) is 3.62. The summed E-state index contributed by atoms with van der Waals surface area (Å²) in [5, 5.41) is 0.0473. The number of halogens is 2. The summed E-state index contributed by atoms with van der Waals surface area (Å²) in [6.45, 7) is 0.957. The lowest BCUT2D eigenvalue weighted by molar-refractivity contribution is -0.147. The van der Waals surface area contributed by atoms with Crippen molar-refractivity contribution in [2.45, 2.75) is 25.7 Å². The molecule has 4 amide bonds. The molecule has 1 aromatic carbocycles. The summed E-state index contributed by atoms with van der Waals surface area (Å²) in [4.78, 5) is 54.7. The molecule has 1 aromatic rings. The minimum Gasteiger partial charge on any atom is -0.338 e. The highest BCUT2D eigenvalue weighted by atomic mass is 35.5. The number of rotatable bonds is 3. The van der Waals surface area contributed by atoms with E-state index in [1.54, 1.807) is 9.80 Å². The second-order valence-electron chi connectivity index (χ2n) is 8.06. The maximum atomic E-state index is 13.2. The minimum absolute atomic E-state index is 0.0473. The van der Waals surface area contributed by atoms with Crippen molar-refractivity contribution in [1.29, 1.82) is 0 Å². The Labute approximate surface area is 178 Å². The third-order valence-corrected chi connectivity index (χ3v) is 6.62. The average molecular weight is 436 g/mol. The largest absolute Gasteiger partial charge is 0.338 e. The number of benzene rings is 1. The van der Waals surface area contributed by atoms with Crippen LogP contribution in [0.4, 0.5) is 4.39 Å². The fourth-order valence-corrected chi connectivity index (χ4v) is 4.86. The van der Waals surface area contributed by atoms with Crippen molar-refractivity contribution < 1.29 is 23.6 Å². The Hall–Kier alpha value is -2.48. The van der Waals surface area contributed by atoms with Gasteiger partial charge in [0.15, 0.2) is 0 Å². The first-order chi connectivity index (χ1) is 14.4. The highest BCUT2D eigenvalue weighted by Gasteiger charge is 2.48. The number of likely N-dealkylation sites (tertiary alicyclic amines) is 1. The lowest BCUT2D eigenvalue weighted by Gasteiger charge is -2.35. The Morgan fingerprint density at radius 3 is 2.10 bits per heavy atom. The highest BCUT2D eigenvalue weighted by Crippen LogP contribution is 2.37. The molecule has 0 bridgehead atoms. The zero-order valence-corrected chi connectivity index (χ0v) is 17.2. The Morgan fingerprint density at radius 2 is 1.53 bits per heavy atom. The third kappa shape index (κ3) is 3.80. The highest BCUT2D eigenvalue weighted by molar-refractivity contribution is 6.33. The van der Waals surface area contributed by atoms with Crippen molar-refractivity contribution in [2.24, 2.45) is 11.8 Å². The van der Waals surface area contributed by atoms with Crippen molar-refractivity contribution in [3.63, 3.8) is 0 Å². The Kier molecular flexibility index (Phi) is 5.77. The molecule has 0 N–H and O–H groups in total. The number of amides is 4. The van der Waals surface area contributed by atoms with E-state index < -0.39 is 5.82 Å². The molecule has 4 rings (SSSR count). The zero-order chi connectivity index (χ0) is 21.4. The molecule has 3 aliphatic rings. The molecule has 1 saturated carbocycles. The summed E-state index contributed by atoms with van der Waals surface area (Å²) < 4.78 is 13.2. The molecular weight excluding hydrogens is 413 g/mol. The van der Waals surface area contributed by atoms with Gasteiger partial charge in [0, 0.05) is 26.2 Å². The van der Waals surface area contributed by atoms with E-state index in [0.29, 0.717) is 39.0 Å². The number of fused-ring (bicyclic) bond motifs is 1. The minimum atomic E-state index is -0.516. The van der Waals surface area contributed by atoms with Crippen LogP contribution in [-0.4, -0.2) is 71.1 Å². The van der Waals surface area contributed by atoms with Gasteiger partial charge < -0.3 is 9.80 Å². The monoisotopic (exact) mass is 435 g/mol. The van der Waals surface area contributed by atoms with E-state index >= 15 is 0 Å². The molecular formula is C21H23ClFN3O4. The van der Waals surface area contributed by atoms with Gasteiger partial charge in [-0.3, -0.25) is 24.1 Å². The first-order valence-electron chi connectivity index (χ1n) is 10.2. The van der Waals surface area contributed by atoms with Crippen LogP contribution in [-0.2, 0) is 14.4 Å². The fourth-order valence-electron chi connectivity index (χ4n) is 4.61. The molecule has 160 valence electrons. The normalized spacial score (nSPS) is 24.3. The molecule has 9 heteroatoms. The Bertz CT molecular complexity index is 876. The first-order valence-corrected chi connectivity index (χ1v) is 10.6. The third-order valence-electron chi connectivity index (χ3n) is 6.31. The van der Waals surface area contributed by atoms with Crippen LogP contribution in [0.5, 0.6) is 0 Å². The van der Waals surface area contributed by atoms with Crippen molar-refractivity contribution >= 4 is 35.2 Å². The van der Waals surface area contributed by atoms with Crippen molar-refractivity contribution in [3.8, 4) is 0 Å². The molecule has 1 aliphatic carbocycles. The summed E-state index contributed by atoms with van der Waals surface area (Å²) >= 11 is 5.98. The van der Waals surface area contributed by atoms with Crippen LogP contribution in [0, 0.1) is 17.7 Å². The first kappa shape index (κ1) is 20.8. The number of nitrogens with zero attached hydrogens (tertiary/aromatic N) is 3. The van der Waals surface area contributed by atoms with E-state index in [9.17, 15) is 23.6 Å². The van der Waals surface area contributed by atoms with Gasteiger partial charge >= 0.3 is 0 Å². The second kappa shape index (κ2) is 8.34. The van der Waals surface area contributed by atoms with Crippen LogP contribution in [0.25, 0.3) is 0 Å². The molecule has 2 saturated heterocycles. The SMILES string of the molecule is O=C(CN1C(=O)C2CCCCC2C1=O)N1CCN(C(=O)c2ccc(F)cc2Cl)CC1. The number of hydrogen-bond donors (Lipinski definition) is 0. The van der Waals surface area contributed by atoms with Gasteiger partial charge in [-0.25, -0.2) is 4.39 Å². The van der Waals surface area contributed by atoms with Gasteiger partial charge in [0.05, 0.1) is 22.4 Å². The van der Waals surface area contributed by atoms with E-state index in [1.165, 1.54) is 12.1 Å². The Balaban J connectivity index is 1.34. The molecule has 7 nitrogen and oxygen atoms in total. The molecule has 0 spiro atoms. The average Bonchev–Trinajstić information content (AvgIpc) is 2.98. The van der Waals surface area contributed by atoms with Gasteiger partial charge in [-0.1, -0.05) is 24.4 Å². The van der Waals surface area contributed by atoms with Crippen molar-refractivity contribution in [3.05, 3.63) is 34.6 Å². The number of carbonyl (C=O) groups is 4. The van der Waals surface area contributed by atoms with Gasteiger partial charge in [-0.2, -0.15) is 0 Å². The molecule has 0 radical (unpaired) electrons. The van der Waals surface area contributed by atoms with Crippen LogP contribution in [0.15, 0.2) is 18.2 Å². The fraction of sp³-hybridized carbons (Fsp3) is 0.524. The van der Waals surface area contributed by atoms with E-state index in [4.69, 9.17) is 11.6 Å². The molecule has 3 fully saturated rings. The second-order valence-corrected chi connectivity index (χ2v) is 8.46. The summed E-state index contributed by atoms with van der Waals surface area (Å²) in [5.74, 6) is -2.11. The lowest BCUT2D eigenvalue weighted by Crippen LogP contribution is -2.53. The predicted octanol–water partition coefficient (Wildman–Crippen LogP) is 1.94. The van der Waals surface area contributed by atoms with Crippen LogP contribution in [0.2, 0.25) is 5.02 Å². The van der Waals surface area contributed by atoms with Crippen LogP contribution >= 0.6 is 11.6 Å². The molecule has 30 heavy (non-hydrogen) atoms. The van der Waals surface area contributed by atoms with Gasteiger partial charge in [0.1, 0.15) is 12.4 Å². The predicted molar refractivity (Wildman–Crippen MR) is 106 cm³/mol. The maximum Gasteiger partial charge on any atom is 0.255 e. The molecule has 0 aromatic heterocycles. The van der Waals surface area contributed by atoms with Crippen molar-refractivity contribution in [2.75, 3.05) is 32.7 Å². The van der Waals surface area contributed by atoms with Gasteiger partial charge in [0.25, 0.3) is 5.91 Å². The quantitative estimate of drug-likeness (QED) is 0.680. The van der Waals surface area contributed by atoms with E-state index in [2.05, 4.69) is 0 Å². The molecule has 2 heterocycles. The van der Waals surface area contributed by atoms with Crippen LogP contribution < -0.4 is 0 Å². The number of piperazine rings is 1. The molecule has 2 aliphatic heterocycles. The standard InChI is InChI=1S/C21H23ClFN3O4/c22-17-11-13(23)5-6-16(17)19(28)25-9-7-24(8-10-25)18(27)12-26-20(29)14-3-1-2-4-15(14)21(26)30/h5-6,11,14-15H,1-4,7-10,12H2. The summed E-state index contributed by atoms with van der Waals surface area (Å²) in [6.07, 6.45) is 3.31. The van der Waals surface area contributed by atoms with Crippen molar-refractivity contribution in [1.82, 2.24) is 14.7 Å². The van der Waals surface area contributed by atoms with E-state index in [-0.39, 0.29) is 52.6 Å². The van der Waals surface area contributed by atoms with Gasteiger partial charge in [-0.15, -0.1) is 0 Å². The van der Waals surface area contributed by atoms with Crippen LogP contribution in [0.1, 0.15) is 36.0 Å². The zero-order valence-electron chi connectivity index (χ0n) is 16.5. The summed E-state index contributed by atoms with van der Waals surface area (Å²) in [5.41, 5.74) is 0.216. The number of carbonyl (C=O) groups excluding carboxylic acids is 4. The van der Waals surface area contributed by atoms with Gasteiger partial charge in [-0.05, 0) is 31.0 Å². The molecule has 2 atom stereocenters. The van der Waals surface area contributed by atoms with E-state index in [1.807, 2.05) is 0 Å². The lowest BCUT2D eigenvalue weighted by atomic mass is 9.81. The molecule has 2 unspecified atom stereocenters. The summed E-state index contributed by atoms with van der Waals surface area (Å²) in [7, 11) is 0. The Morgan fingerprint density at radius 1 is 0.967 bits per heavy atom. The topological polar surface area (TPSA) is 78.0 Å². The smallest absolute Gasteiger partial charge is 0.255 e. The van der Waals surface area contributed by atoms with Gasteiger partial charge in [0.2, 0.25) is 17.7 Å². The van der Waals surface area contributed by atoms with E-state index in [0.717, 1.165) is 23.8 Å².